The van der Waals surface area contributed by atoms with Crippen LogP contribution in [0.3, 0.4) is 0 Å². The van der Waals surface area contributed by atoms with E-state index in [0.29, 0.717) is 0 Å². The highest BCUT2D eigenvalue weighted by molar-refractivity contribution is 14.1. The minimum absolute atomic E-state index is 0.774. The second-order valence-corrected chi connectivity index (χ2v) is 3.09. The predicted octanol–water partition coefficient (Wildman–Crippen LogP) is 0.919. The molecule has 1 aromatic rings. The zero-order valence-corrected chi connectivity index (χ0v) is 8.48. The van der Waals surface area contributed by atoms with Crippen LogP contribution in [0.1, 0.15) is 6.42 Å². The Morgan fingerprint density at radius 3 is 3.09 bits per heavy atom. The number of nitrogens with zero attached hydrogens (tertiary/aromatic N) is 3. The summed E-state index contributed by atoms with van der Waals surface area (Å²) in [5.41, 5.74) is 0. The fourth-order valence-corrected chi connectivity index (χ4v) is 1.15. The summed E-state index contributed by atoms with van der Waals surface area (Å²) in [5.74, 6) is 0. The molecular formula is C6H10IN3O. The zero-order valence-electron chi connectivity index (χ0n) is 6.33. The van der Waals surface area contributed by atoms with Gasteiger partial charge in [-0.15, -0.1) is 5.10 Å². The van der Waals surface area contributed by atoms with Crippen molar-refractivity contribution in [2.75, 3.05) is 13.7 Å². The van der Waals surface area contributed by atoms with Crippen molar-refractivity contribution in [1.29, 1.82) is 0 Å². The van der Waals surface area contributed by atoms with E-state index in [2.05, 4.69) is 32.7 Å². The van der Waals surface area contributed by atoms with Crippen LogP contribution in [-0.2, 0) is 11.3 Å². The Morgan fingerprint density at radius 1 is 1.73 bits per heavy atom. The first-order valence-electron chi connectivity index (χ1n) is 3.37. The van der Waals surface area contributed by atoms with Crippen molar-refractivity contribution >= 4 is 22.6 Å². The van der Waals surface area contributed by atoms with Crippen LogP contribution in [0.2, 0.25) is 0 Å². The highest BCUT2D eigenvalue weighted by atomic mass is 127. The SMILES string of the molecule is COCCCn1cnc(I)n1. The maximum Gasteiger partial charge on any atom is 0.211 e. The van der Waals surface area contributed by atoms with Crippen LogP contribution in [0, 0.1) is 3.83 Å². The minimum Gasteiger partial charge on any atom is -0.385 e. The summed E-state index contributed by atoms with van der Waals surface area (Å²) < 4.78 is 7.52. The lowest BCUT2D eigenvalue weighted by molar-refractivity contribution is 0.189. The third kappa shape index (κ3) is 3.15. The van der Waals surface area contributed by atoms with Gasteiger partial charge in [0.15, 0.2) is 0 Å². The molecule has 0 saturated heterocycles. The van der Waals surface area contributed by atoms with Crippen LogP contribution in [0.4, 0.5) is 0 Å². The van der Waals surface area contributed by atoms with Crippen molar-refractivity contribution in [1.82, 2.24) is 14.8 Å². The van der Waals surface area contributed by atoms with E-state index in [-0.39, 0.29) is 0 Å². The third-order valence-corrected chi connectivity index (χ3v) is 1.74. The van der Waals surface area contributed by atoms with Gasteiger partial charge in [0.05, 0.1) is 0 Å². The van der Waals surface area contributed by atoms with Crippen molar-refractivity contribution in [3.63, 3.8) is 0 Å². The quantitative estimate of drug-likeness (QED) is 0.601. The minimum atomic E-state index is 0.774. The Labute approximate surface area is 79.1 Å². The van der Waals surface area contributed by atoms with Gasteiger partial charge in [-0.05, 0) is 6.42 Å². The first-order chi connectivity index (χ1) is 5.33. The number of rotatable bonds is 4. The summed E-state index contributed by atoms with van der Waals surface area (Å²) in [7, 11) is 1.70. The molecule has 0 aliphatic carbocycles. The number of hydrogen-bond acceptors (Lipinski definition) is 3. The molecule has 0 aliphatic rings. The molecule has 62 valence electrons. The van der Waals surface area contributed by atoms with Crippen LogP contribution in [0.15, 0.2) is 6.33 Å². The summed E-state index contributed by atoms with van der Waals surface area (Å²) in [5, 5.41) is 4.12. The second kappa shape index (κ2) is 4.66. The Kier molecular flexibility index (Phi) is 3.78. The number of methoxy groups -OCH3 is 1. The first kappa shape index (κ1) is 8.92. The average Bonchev–Trinajstić information content (AvgIpc) is 2.37. The molecular weight excluding hydrogens is 257 g/mol. The van der Waals surface area contributed by atoms with Gasteiger partial charge < -0.3 is 4.74 Å². The summed E-state index contributed by atoms with van der Waals surface area (Å²) in [6.07, 6.45) is 2.72. The molecule has 0 unspecified atom stereocenters. The lowest BCUT2D eigenvalue weighted by Crippen LogP contribution is -2.01. The van der Waals surface area contributed by atoms with Gasteiger partial charge >= 0.3 is 0 Å². The van der Waals surface area contributed by atoms with Crippen LogP contribution >= 0.6 is 22.6 Å². The van der Waals surface area contributed by atoms with E-state index < -0.39 is 0 Å². The molecule has 0 radical (unpaired) electrons. The van der Waals surface area contributed by atoms with E-state index >= 15 is 0 Å². The van der Waals surface area contributed by atoms with E-state index in [1.54, 1.807) is 13.4 Å². The van der Waals surface area contributed by atoms with Crippen molar-refractivity contribution in [3.05, 3.63) is 10.2 Å². The number of aryl methyl sites for hydroxylation is 1. The molecule has 0 aromatic carbocycles. The molecule has 0 bridgehead atoms. The van der Waals surface area contributed by atoms with E-state index in [9.17, 15) is 0 Å². The molecule has 4 nitrogen and oxygen atoms in total. The predicted molar refractivity (Wildman–Crippen MR) is 49.2 cm³/mol. The molecule has 1 aromatic heterocycles. The van der Waals surface area contributed by atoms with Gasteiger partial charge in [0.1, 0.15) is 6.33 Å². The van der Waals surface area contributed by atoms with Crippen molar-refractivity contribution < 1.29 is 4.74 Å². The second-order valence-electron chi connectivity index (χ2n) is 2.12. The Hall–Kier alpha value is -0.170. The van der Waals surface area contributed by atoms with Crippen molar-refractivity contribution in [2.24, 2.45) is 0 Å². The molecule has 1 rings (SSSR count). The highest BCUT2D eigenvalue weighted by Gasteiger charge is 1.94. The zero-order chi connectivity index (χ0) is 8.10. The standard InChI is InChI=1S/C6H10IN3O/c1-11-4-2-3-10-5-8-6(7)9-10/h5H,2-4H2,1H3. The molecule has 0 saturated carbocycles. The molecule has 5 heteroatoms. The molecule has 0 fully saturated rings. The number of aromatic nitrogens is 3. The summed E-state index contributed by atoms with van der Waals surface area (Å²) in [6.45, 7) is 1.65. The fourth-order valence-electron chi connectivity index (χ4n) is 0.751. The van der Waals surface area contributed by atoms with E-state index in [1.165, 1.54) is 0 Å². The van der Waals surface area contributed by atoms with Crippen LogP contribution in [-0.4, -0.2) is 28.5 Å². The maximum absolute atomic E-state index is 4.91. The van der Waals surface area contributed by atoms with E-state index in [4.69, 9.17) is 4.74 Å². The fraction of sp³-hybridized carbons (Fsp3) is 0.667. The van der Waals surface area contributed by atoms with Gasteiger partial charge in [-0.25, -0.2) is 4.98 Å². The summed E-state index contributed by atoms with van der Waals surface area (Å²) in [6, 6.07) is 0. The Balaban J connectivity index is 2.27. The largest absolute Gasteiger partial charge is 0.385 e. The monoisotopic (exact) mass is 267 g/mol. The normalized spacial score (nSPS) is 10.4. The number of halogens is 1. The third-order valence-electron chi connectivity index (χ3n) is 1.24. The molecule has 0 amide bonds. The first-order valence-corrected chi connectivity index (χ1v) is 4.44. The van der Waals surface area contributed by atoms with Gasteiger partial charge in [-0.3, -0.25) is 4.68 Å². The van der Waals surface area contributed by atoms with E-state index in [0.717, 1.165) is 23.4 Å². The highest BCUT2D eigenvalue weighted by Crippen LogP contribution is 1.94. The van der Waals surface area contributed by atoms with Gasteiger partial charge in [0.2, 0.25) is 3.83 Å². The summed E-state index contributed by atoms with van der Waals surface area (Å²) in [4.78, 5) is 3.99. The smallest absolute Gasteiger partial charge is 0.211 e. The lowest BCUT2D eigenvalue weighted by Gasteiger charge is -1.97. The van der Waals surface area contributed by atoms with Gasteiger partial charge in [-0.1, -0.05) is 0 Å². The van der Waals surface area contributed by atoms with Gasteiger partial charge in [-0.2, -0.15) is 0 Å². The molecule has 0 aliphatic heterocycles. The topological polar surface area (TPSA) is 39.9 Å². The van der Waals surface area contributed by atoms with Crippen molar-refractivity contribution in [2.45, 2.75) is 13.0 Å². The Bertz CT molecular complexity index is 213. The number of ether oxygens (including phenoxy) is 1. The van der Waals surface area contributed by atoms with Crippen molar-refractivity contribution in [3.8, 4) is 0 Å². The van der Waals surface area contributed by atoms with Gasteiger partial charge in [0.25, 0.3) is 0 Å². The van der Waals surface area contributed by atoms with Crippen LogP contribution in [0.5, 0.6) is 0 Å². The van der Waals surface area contributed by atoms with E-state index in [1.807, 2.05) is 4.68 Å². The summed E-state index contributed by atoms with van der Waals surface area (Å²) >= 11 is 2.09. The molecule has 0 spiro atoms. The average molecular weight is 267 g/mol. The van der Waals surface area contributed by atoms with Crippen LogP contribution < -0.4 is 0 Å². The number of hydrogen-bond donors (Lipinski definition) is 0. The maximum atomic E-state index is 4.91. The molecule has 0 N–H and O–H groups in total. The van der Waals surface area contributed by atoms with Crippen LogP contribution in [0.25, 0.3) is 0 Å². The molecule has 1 heterocycles. The Morgan fingerprint density at radius 2 is 2.55 bits per heavy atom. The molecule has 0 atom stereocenters. The van der Waals surface area contributed by atoms with Gasteiger partial charge in [0, 0.05) is 42.9 Å². The lowest BCUT2D eigenvalue weighted by atomic mass is 10.5. The molecule has 11 heavy (non-hydrogen) atoms.